The van der Waals surface area contributed by atoms with E-state index in [2.05, 4.69) is 37.0 Å². The van der Waals surface area contributed by atoms with Gasteiger partial charge in [0.25, 0.3) is 0 Å². The van der Waals surface area contributed by atoms with Crippen LogP contribution in [0, 0.1) is 6.92 Å². The summed E-state index contributed by atoms with van der Waals surface area (Å²) in [4.78, 5) is 33.1. The number of aromatic nitrogens is 4. The number of H-pyrrole nitrogens is 1. The molecule has 1 aromatic carbocycles. The van der Waals surface area contributed by atoms with Crippen LogP contribution in [0.4, 0.5) is 5.82 Å². The molecule has 1 fully saturated rings. The summed E-state index contributed by atoms with van der Waals surface area (Å²) >= 11 is 1.47. The van der Waals surface area contributed by atoms with Crippen LogP contribution in [0.15, 0.2) is 54.1 Å². The number of hydrogen-bond acceptors (Lipinski definition) is 6. The Morgan fingerprint density at radius 2 is 1.93 bits per heavy atom. The molecule has 1 saturated heterocycles. The van der Waals surface area contributed by atoms with Gasteiger partial charge in [0.1, 0.15) is 5.82 Å². The van der Waals surface area contributed by atoms with Gasteiger partial charge in [-0.1, -0.05) is 42.1 Å². The quantitative estimate of drug-likeness (QED) is 0.632. The Morgan fingerprint density at radius 1 is 1.14 bits per heavy atom. The number of carbonyl (C=O) groups is 1. The third-order valence-electron chi connectivity index (χ3n) is 5.02. The molecule has 7 nitrogen and oxygen atoms in total. The molecule has 0 unspecified atom stereocenters. The maximum Gasteiger partial charge on any atom is 0.233 e. The number of nitrogens with one attached hydrogen (secondary N) is 1. The van der Waals surface area contributed by atoms with Crippen LogP contribution in [0.2, 0.25) is 0 Å². The van der Waals surface area contributed by atoms with Gasteiger partial charge in [0.15, 0.2) is 5.16 Å². The van der Waals surface area contributed by atoms with E-state index in [-0.39, 0.29) is 5.91 Å². The molecular formula is C21H24N6OS. The van der Waals surface area contributed by atoms with E-state index < -0.39 is 0 Å². The van der Waals surface area contributed by atoms with Crippen LogP contribution in [-0.2, 0) is 11.2 Å². The fourth-order valence-electron chi connectivity index (χ4n) is 3.36. The first-order chi connectivity index (χ1) is 14.2. The zero-order valence-corrected chi connectivity index (χ0v) is 17.2. The first-order valence-electron chi connectivity index (χ1n) is 9.70. The lowest BCUT2D eigenvalue weighted by atomic mass is 10.1. The topological polar surface area (TPSA) is 78.0 Å². The molecule has 0 spiro atoms. The van der Waals surface area contributed by atoms with Crippen molar-refractivity contribution in [2.45, 2.75) is 18.5 Å². The Bertz CT molecular complexity index is 938. The standard InChI is InChI=1S/C21H24N6OS/c1-16-18(13-17-5-3-2-4-6-17)25-21(24-16)29-15-20(28)27-11-9-26(10-12-27)19-14-22-7-8-23-19/h2-8,14H,9-13,15H2,1H3,(H,24,25). The molecule has 3 aromatic rings. The number of amides is 1. The summed E-state index contributed by atoms with van der Waals surface area (Å²) in [6, 6.07) is 10.3. The van der Waals surface area contributed by atoms with Crippen molar-refractivity contribution < 1.29 is 4.79 Å². The highest BCUT2D eigenvalue weighted by Gasteiger charge is 2.22. The Kier molecular flexibility index (Phi) is 6.09. The number of rotatable bonds is 6. The van der Waals surface area contributed by atoms with Gasteiger partial charge in [-0.15, -0.1) is 0 Å². The molecule has 0 saturated carbocycles. The highest BCUT2D eigenvalue weighted by atomic mass is 32.2. The van der Waals surface area contributed by atoms with Crippen LogP contribution >= 0.6 is 11.8 Å². The molecule has 1 amide bonds. The Morgan fingerprint density at radius 3 is 2.66 bits per heavy atom. The number of carbonyl (C=O) groups excluding carboxylic acids is 1. The first-order valence-corrected chi connectivity index (χ1v) is 10.7. The summed E-state index contributed by atoms with van der Waals surface area (Å²) < 4.78 is 0. The molecule has 150 valence electrons. The molecule has 8 heteroatoms. The van der Waals surface area contributed by atoms with Crippen LogP contribution in [0.5, 0.6) is 0 Å². The highest BCUT2D eigenvalue weighted by molar-refractivity contribution is 7.99. The van der Waals surface area contributed by atoms with E-state index in [4.69, 9.17) is 0 Å². The second-order valence-corrected chi connectivity index (χ2v) is 7.96. The molecule has 0 bridgehead atoms. The van der Waals surface area contributed by atoms with Crippen molar-refractivity contribution >= 4 is 23.5 Å². The van der Waals surface area contributed by atoms with Gasteiger partial charge < -0.3 is 14.8 Å². The molecule has 0 aliphatic carbocycles. The van der Waals surface area contributed by atoms with E-state index in [1.54, 1.807) is 18.6 Å². The molecule has 1 N–H and O–H groups in total. The van der Waals surface area contributed by atoms with Crippen molar-refractivity contribution in [1.82, 2.24) is 24.8 Å². The number of piperazine rings is 1. The van der Waals surface area contributed by atoms with Gasteiger partial charge in [-0.3, -0.25) is 9.78 Å². The van der Waals surface area contributed by atoms with Crippen LogP contribution < -0.4 is 4.90 Å². The van der Waals surface area contributed by atoms with Crippen LogP contribution in [-0.4, -0.2) is 62.7 Å². The summed E-state index contributed by atoms with van der Waals surface area (Å²) in [6.45, 7) is 4.98. The minimum Gasteiger partial charge on any atom is -0.352 e. The van der Waals surface area contributed by atoms with E-state index in [1.807, 2.05) is 30.0 Å². The van der Waals surface area contributed by atoms with Gasteiger partial charge in [-0.25, -0.2) is 9.97 Å². The van der Waals surface area contributed by atoms with Gasteiger partial charge in [0.05, 0.1) is 17.6 Å². The summed E-state index contributed by atoms with van der Waals surface area (Å²) in [5.41, 5.74) is 3.32. The lowest BCUT2D eigenvalue weighted by Gasteiger charge is -2.35. The van der Waals surface area contributed by atoms with Gasteiger partial charge >= 0.3 is 0 Å². The lowest BCUT2D eigenvalue weighted by molar-refractivity contribution is -0.128. The lowest BCUT2D eigenvalue weighted by Crippen LogP contribution is -2.49. The van der Waals surface area contributed by atoms with Crippen molar-refractivity contribution in [3.8, 4) is 0 Å². The van der Waals surface area contributed by atoms with E-state index in [0.29, 0.717) is 18.8 Å². The minimum absolute atomic E-state index is 0.146. The molecule has 1 aliphatic heterocycles. The molecule has 2 aromatic heterocycles. The van der Waals surface area contributed by atoms with Crippen molar-refractivity contribution in [3.05, 3.63) is 65.9 Å². The maximum absolute atomic E-state index is 12.6. The summed E-state index contributed by atoms with van der Waals surface area (Å²) in [6.07, 6.45) is 5.92. The van der Waals surface area contributed by atoms with Crippen LogP contribution in [0.1, 0.15) is 17.0 Å². The van der Waals surface area contributed by atoms with Crippen molar-refractivity contribution in [1.29, 1.82) is 0 Å². The van der Waals surface area contributed by atoms with Crippen LogP contribution in [0.3, 0.4) is 0 Å². The monoisotopic (exact) mass is 408 g/mol. The third kappa shape index (κ3) is 4.95. The molecule has 29 heavy (non-hydrogen) atoms. The molecule has 4 rings (SSSR count). The summed E-state index contributed by atoms with van der Waals surface area (Å²) in [7, 11) is 0. The second kappa shape index (κ2) is 9.09. The van der Waals surface area contributed by atoms with E-state index in [9.17, 15) is 4.79 Å². The zero-order chi connectivity index (χ0) is 20.1. The molecule has 1 aliphatic rings. The predicted octanol–water partition coefficient (Wildman–Crippen LogP) is 2.54. The fraction of sp³-hybridized carbons (Fsp3) is 0.333. The number of thioether (sulfide) groups is 1. The molecule has 3 heterocycles. The summed E-state index contributed by atoms with van der Waals surface area (Å²) in [5.74, 6) is 1.40. The predicted molar refractivity (Wildman–Crippen MR) is 114 cm³/mol. The normalized spacial score (nSPS) is 14.2. The number of nitrogens with zero attached hydrogens (tertiary/aromatic N) is 5. The van der Waals surface area contributed by atoms with E-state index in [1.165, 1.54) is 17.3 Å². The largest absolute Gasteiger partial charge is 0.352 e. The highest BCUT2D eigenvalue weighted by Crippen LogP contribution is 2.20. The van der Waals surface area contributed by atoms with Gasteiger partial charge in [0, 0.05) is 50.7 Å². The number of imidazole rings is 1. The SMILES string of the molecule is Cc1[nH]c(SCC(=O)N2CCN(c3cnccn3)CC2)nc1Cc1ccccc1. The average molecular weight is 409 g/mol. The average Bonchev–Trinajstić information content (AvgIpc) is 3.12. The summed E-state index contributed by atoms with van der Waals surface area (Å²) in [5, 5.41) is 0.806. The Balaban J connectivity index is 1.27. The molecule has 0 atom stereocenters. The Labute approximate surface area is 174 Å². The van der Waals surface area contributed by atoms with Gasteiger partial charge in [0.2, 0.25) is 5.91 Å². The van der Waals surface area contributed by atoms with Crippen molar-refractivity contribution in [2.75, 3.05) is 36.8 Å². The third-order valence-corrected chi connectivity index (χ3v) is 5.87. The van der Waals surface area contributed by atoms with E-state index in [0.717, 1.165) is 41.9 Å². The van der Waals surface area contributed by atoms with Gasteiger partial charge in [-0.05, 0) is 12.5 Å². The number of aromatic amines is 1. The number of anilines is 1. The Hall–Kier alpha value is -2.87. The fourth-order valence-corrected chi connectivity index (χ4v) is 4.20. The molecule has 0 radical (unpaired) electrons. The number of benzene rings is 1. The number of hydrogen-bond donors (Lipinski definition) is 1. The minimum atomic E-state index is 0.146. The van der Waals surface area contributed by atoms with Crippen molar-refractivity contribution in [2.24, 2.45) is 0 Å². The number of aryl methyl sites for hydroxylation is 1. The molecular weight excluding hydrogens is 384 g/mol. The van der Waals surface area contributed by atoms with Gasteiger partial charge in [-0.2, -0.15) is 0 Å². The smallest absolute Gasteiger partial charge is 0.233 e. The zero-order valence-electron chi connectivity index (χ0n) is 16.4. The maximum atomic E-state index is 12.6. The van der Waals surface area contributed by atoms with Crippen molar-refractivity contribution in [3.63, 3.8) is 0 Å². The van der Waals surface area contributed by atoms with E-state index >= 15 is 0 Å². The first kappa shape index (κ1) is 19.4. The van der Waals surface area contributed by atoms with Crippen LogP contribution in [0.25, 0.3) is 0 Å². The second-order valence-electron chi connectivity index (χ2n) is 7.00.